The molecule has 15 heavy (non-hydrogen) atoms. The molecule has 1 radical (unpaired) electrons. The van der Waals surface area contributed by atoms with E-state index in [-0.39, 0.29) is 18.6 Å². The molecule has 0 aromatic heterocycles. The van der Waals surface area contributed by atoms with Crippen molar-refractivity contribution in [1.82, 2.24) is 0 Å². The van der Waals surface area contributed by atoms with Gasteiger partial charge in [-0.25, -0.2) is 0 Å². The minimum absolute atomic E-state index is 0. The summed E-state index contributed by atoms with van der Waals surface area (Å²) >= 11 is 0. The van der Waals surface area contributed by atoms with Gasteiger partial charge in [-0.15, -0.1) is 0 Å². The van der Waals surface area contributed by atoms with Crippen molar-refractivity contribution in [2.45, 2.75) is 71.1 Å². The maximum absolute atomic E-state index is 10.2. The first kappa shape index (κ1) is 17.4. The van der Waals surface area contributed by atoms with E-state index in [4.69, 9.17) is 5.11 Å². The Hall–Kier alpha value is 0.0544. The molecule has 0 saturated heterocycles. The predicted octanol–water partition coefficient (Wildman–Crippen LogP) is 3.99. The summed E-state index contributed by atoms with van der Waals surface area (Å²) in [6.07, 6.45) is 11.5. The monoisotopic (exact) mass is 251 g/mol. The fourth-order valence-electron chi connectivity index (χ4n) is 1.59. The van der Waals surface area contributed by atoms with Crippen LogP contribution in [-0.2, 0) is 23.4 Å². The molecule has 0 saturated carbocycles. The topological polar surface area (TPSA) is 37.3 Å². The van der Waals surface area contributed by atoms with Crippen molar-refractivity contribution in [3.8, 4) is 0 Å². The van der Waals surface area contributed by atoms with Gasteiger partial charge in [0.25, 0.3) is 0 Å². The van der Waals surface area contributed by atoms with Crippen LogP contribution < -0.4 is 0 Å². The molecule has 0 bridgehead atoms. The Kier molecular flexibility index (Phi) is 16.3. The third-order valence-corrected chi connectivity index (χ3v) is 2.49. The van der Waals surface area contributed by atoms with E-state index in [0.717, 1.165) is 12.8 Å². The molecule has 0 aliphatic heterocycles. The van der Waals surface area contributed by atoms with Crippen LogP contribution in [0, 0.1) is 0 Å². The van der Waals surface area contributed by atoms with Crippen molar-refractivity contribution in [3.05, 3.63) is 0 Å². The second kappa shape index (κ2) is 14.1. The molecule has 2 nitrogen and oxygen atoms in total. The maximum atomic E-state index is 10.2. The zero-order valence-corrected chi connectivity index (χ0v) is 11.3. The van der Waals surface area contributed by atoms with Crippen molar-refractivity contribution < 1.29 is 28.5 Å². The molecular formula is C12H24O2V. The summed E-state index contributed by atoms with van der Waals surface area (Å²) in [7, 11) is 0. The van der Waals surface area contributed by atoms with Crippen LogP contribution in [0.15, 0.2) is 0 Å². The summed E-state index contributed by atoms with van der Waals surface area (Å²) in [5, 5.41) is 8.41. The Bertz CT molecular complexity index is 138. The third-order valence-electron chi connectivity index (χ3n) is 2.49. The van der Waals surface area contributed by atoms with Gasteiger partial charge < -0.3 is 5.11 Å². The normalized spacial score (nSPS) is 9.67. The molecule has 89 valence electrons. The van der Waals surface area contributed by atoms with Crippen LogP contribution in [-0.4, -0.2) is 11.1 Å². The quantitative estimate of drug-likeness (QED) is 0.596. The minimum atomic E-state index is -0.659. The van der Waals surface area contributed by atoms with Crippen LogP contribution in [0.4, 0.5) is 0 Å². The largest absolute Gasteiger partial charge is 0.481 e. The van der Waals surface area contributed by atoms with E-state index in [1.807, 2.05) is 0 Å². The van der Waals surface area contributed by atoms with E-state index in [0.29, 0.717) is 6.42 Å². The summed E-state index contributed by atoms with van der Waals surface area (Å²) in [6.45, 7) is 2.23. The average Bonchev–Trinajstić information content (AvgIpc) is 2.15. The second-order valence-electron chi connectivity index (χ2n) is 3.97. The van der Waals surface area contributed by atoms with E-state index in [1.54, 1.807) is 0 Å². The van der Waals surface area contributed by atoms with Gasteiger partial charge in [0, 0.05) is 25.0 Å². The van der Waals surface area contributed by atoms with Gasteiger partial charge in [-0.05, 0) is 6.42 Å². The molecule has 0 aromatic rings. The summed E-state index contributed by atoms with van der Waals surface area (Å²) < 4.78 is 0. The molecule has 0 amide bonds. The number of aliphatic carboxylic acids is 1. The first-order valence-electron chi connectivity index (χ1n) is 5.99. The van der Waals surface area contributed by atoms with Gasteiger partial charge in [-0.1, -0.05) is 58.3 Å². The molecule has 0 spiro atoms. The number of carboxylic acid groups (broad SMARTS) is 1. The Morgan fingerprint density at radius 3 is 1.67 bits per heavy atom. The van der Waals surface area contributed by atoms with Gasteiger partial charge in [0.2, 0.25) is 0 Å². The summed E-state index contributed by atoms with van der Waals surface area (Å²) in [5.74, 6) is -0.659. The van der Waals surface area contributed by atoms with Crippen molar-refractivity contribution in [2.75, 3.05) is 0 Å². The Labute approximate surface area is 106 Å². The standard InChI is InChI=1S/C12H24O2.V/c1-2-3-4-5-6-7-8-9-10-11-12(13)14;/h2-11H2,1H3,(H,13,14);. The SMILES string of the molecule is CCCCCCCCCCCC(=O)O.[V]. The Morgan fingerprint density at radius 1 is 0.867 bits per heavy atom. The van der Waals surface area contributed by atoms with Gasteiger partial charge in [0.1, 0.15) is 0 Å². The van der Waals surface area contributed by atoms with Crippen molar-refractivity contribution in [2.24, 2.45) is 0 Å². The fraction of sp³-hybridized carbons (Fsp3) is 0.917. The van der Waals surface area contributed by atoms with E-state index in [9.17, 15) is 4.79 Å². The molecule has 3 heteroatoms. The van der Waals surface area contributed by atoms with Gasteiger partial charge in [0.05, 0.1) is 0 Å². The number of hydrogen-bond acceptors (Lipinski definition) is 1. The van der Waals surface area contributed by atoms with Gasteiger partial charge in [-0.2, -0.15) is 0 Å². The predicted molar refractivity (Wildman–Crippen MR) is 59.5 cm³/mol. The van der Waals surface area contributed by atoms with Crippen LogP contribution in [0.25, 0.3) is 0 Å². The third kappa shape index (κ3) is 16.7. The smallest absolute Gasteiger partial charge is 0.303 e. The van der Waals surface area contributed by atoms with E-state index in [1.165, 1.54) is 44.9 Å². The molecule has 0 unspecified atom stereocenters. The van der Waals surface area contributed by atoms with Crippen molar-refractivity contribution in [1.29, 1.82) is 0 Å². The second-order valence-corrected chi connectivity index (χ2v) is 3.97. The van der Waals surface area contributed by atoms with Crippen LogP contribution in [0.5, 0.6) is 0 Å². The van der Waals surface area contributed by atoms with Gasteiger partial charge in [-0.3, -0.25) is 4.79 Å². The summed E-state index contributed by atoms with van der Waals surface area (Å²) in [6, 6.07) is 0. The van der Waals surface area contributed by atoms with Crippen molar-refractivity contribution >= 4 is 5.97 Å². The van der Waals surface area contributed by atoms with E-state index >= 15 is 0 Å². The zero-order valence-electron chi connectivity index (χ0n) is 9.87. The Morgan fingerprint density at radius 2 is 1.27 bits per heavy atom. The first-order chi connectivity index (χ1) is 6.77. The molecule has 0 fully saturated rings. The van der Waals surface area contributed by atoms with Crippen LogP contribution in [0.3, 0.4) is 0 Å². The number of unbranched alkanes of at least 4 members (excludes halogenated alkanes) is 8. The number of carbonyl (C=O) groups is 1. The Balaban J connectivity index is 0. The molecule has 0 rings (SSSR count). The molecular weight excluding hydrogens is 227 g/mol. The number of hydrogen-bond donors (Lipinski definition) is 1. The van der Waals surface area contributed by atoms with Crippen molar-refractivity contribution in [3.63, 3.8) is 0 Å². The van der Waals surface area contributed by atoms with Gasteiger partial charge >= 0.3 is 5.97 Å². The molecule has 0 aromatic carbocycles. The average molecular weight is 251 g/mol. The minimum Gasteiger partial charge on any atom is -0.481 e. The van der Waals surface area contributed by atoms with Crippen LogP contribution in [0.1, 0.15) is 71.1 Å². The molecule has 0 atom stereocenters. The molecule has 1 N–H and O–H groups in total. The maximum Gasteiger partial charge on any atom is 0.303 e. The number of rotatable bonds is 10. The zero-order chi connectivity index (χ0) is 10.6. The first-order valence-corrected chi connectivity index (χ1v) is 5.99. The van der Waals surface area contributed by atoms with E-state index in [2.05, 4.69) is 6.92 Å². The molecule has 0 aliphatic carbocycles. The molecule has 0 heterocycles. The van der Waals surface area contributed by atoms with E-state index < -0.39 is 5.97 Å². The number of carboxylic acids is 1. The van der Waals surface area contributed by atoms with Crippen LogP contribution >= 0.6 is 0 Å². The molecule has 0 aliphatic rings. The fourth-order valence-corrected chi connectivity index (χ4v) is 1.59. The van der Waals surface area contributed by atoms with Gasteiger partial charge in [0.15, 0.2) is 0 Å². The van der Waals surface area contributed by atoms with Crippen LogP contribution in [0.2, 0.25) is 0 Å². The summed E-state index contributed by atoms with van der Waals surface area (Å²) in [4.78, 5) is 10.2. The summed E-state index contributed by atoms with van der Waals surface area (Å²) in [5.41, 5.74) is 0.